The molecule has 7 nitrogen and oxygen atoms in total. The summed E-state index contributed by atoms with van der Waals surface area (Å²) in [5, 5.41) is 2.81. The third-order valence-electron chi connectivity index (χ3n) is 6.47. The lowest BCUT2D eigenvalue weighted by Gasteiger charge is -2.30. The Morgan fingerprint density at radius 3 is 2.61 bits per heavy atom. The largest absolute Gasteiger partial charge is 0.497 e. The van der Waals surface area contributed by atoms with Crippen molar-refractivity contribution in [3.05, 3.63) is 87.8 Å². The number of ether oxygens (including phenoxy) is 2. The molecule has 1 aromatic heterocycles. The molecule has 1 aliphatic heterocycles. The smallest absolute Gasteiger partial charge is 0.263 e. The van der Waals surface area contributed by atoms with Crippen molar-refractivity contribution >= 4 is 17.3 Å². The summed E-state index contributed by atoms with van der Waals surface area (Å²) in [6.45, 7) is 3.22. The van der Waals surface area contributed by atoms with Crippen molar-refractivity contribution < 1.29 is 14.3 Å². The molecule has 1 N–H and O–H groups in total. The van der Waals surface area contributed by atoms with E-state index in [4.69, 9.17) is 9.47 Å². The summed E-state index contributed by atoms with van der Waals surface area (Å²) in [4.78, 5) is 28.6. The van der Waals surface area contributed by atoms with Crippen molar-refractivity contribution in [2.45, 2.75) is 18.9 Å². The number of methoxy groups -OCH3 is 1. The maximum absolute atomic E-state index is 13.3. The van der Waals surface area contributed by atoms with E-state index in [9.17, 15) is 9.59 Å². The van der Waals surface area contributed by atoms with Gasteiger partial charge in [0.1, 0.15) is 11.3 Å². The molecular weight excluding hydrogens is 418 g/mol. The fraction of sp³-hybridized carbons (Fsp3) is 0.308. The number of carbonyl (C=O) groups excluding carboxylic acids is 1. The van der Waals surface area contributed by atoms with Crippen molar-refractivity contribution in [3.63, 3.8) is 0 Å². The number of pyridine rings is 1. The van der Waals surface area contributed by atoms with Gasteiger partial charge >= 0.3 is 0 Å². The van der Waals surface area contributed by atoms with Gasteiger partial charge in [0.25, 0.3) is 11.5 Å². The zero-order chi connectivity index (χ0) is 22.8. The van der Waals surface area contributed by atoms with Crippen LogP contribution in [0.25, 0.3) is 0 Å². The molecule has 1 fully saturated rings. The van der Waals surface area contributed by atoms with Gasteiger partial charge in [-0.05, 0) is 66.4 Å². The molecular formula is C26H27N3O4. The van der Waals surface area contributed by atoms with Crippen molar-refractivity contribution in [1.29, 1.82) is 0 Å². The predicted molar refractivity (Wildman–Crippen MR) is 128 cm³/mol. The molecule has 7 heteroatoms. The topological polar surface area (TPSA) is 72.8 Å². The summed E-state index contributed by atoms with van der Waals surface area (Å²) in [5.41, 5.74) is 4.15. The first-order chi connectivity index (χ1) is 16.2. The van der Waals surface area contributed by atoms with Crippen molar-refractivity contribution in [1.82, 2.24) is 4.57 Å². The van der Waals surface area contributed by atoms with Gasteiger partial charge in [-0.2, -0.15) is 0 Å². The van der Waals surface area contributed by atoms with Gasteiger partial charge < -0.3 is 24.3 Å². The number of benzene rings is 2. The summed E-state index contributed by atoms with van der Waals surface area (Å²) < 4.78 is 12.4. The first-order valence-electron chi connectivity index (χ1n) is 11.3. The Kier molecular flexibility index (Phi) is 5.88. The lowest BCUT2D eigenvalue weighted by molar-refractivity contribution is 0.102. The molecule has 1 atom stereocenters. The molecule has 0 spiro atoms. The average molecular weight is 446 g/mol. The Balaban J connectivity index is 1.42. The molecule has 2 heterocycles. The number of amides is 1. The summed E-state index contributed by atoms with van der Waals surface area (Å²) in [5.74, 6) is 0.284. The van der Waals surface area contributed by atoms with E-state index in [1.807, 2.05) is 0 Å². The molecule has 2 aromatic carbocycles. The second-order valence-corrected chi connectivity index (χ2v) is 8.32. The van der Waals surface area contributed by atoms with Crippen LogP contribution in [0.5, 0.6) is 5.75 Å². The lowest BCUT2D eigenvalue weighted by atomic mass is 10.0. The second-order valence-electron chi connectivity index (χ2n) is 8.32. The number of hydrogen-bond acceptors (Lipinski definition) is 5. The van der Waals surface area contributed by atoms with E-state index in [0.717, 1.165) is 44.7 Å². The molecule has 1 saturated heterocycles. The zero-order valence-electron chi connectivity index (χ0n) is 18.6. The van der Waals surface area contributed by atoms with E-state index in [2.05, 4.69) is 28.4 Å². The van der Waals surface area contributed by atoms with Gasteiger partial charge in [0.2, 0.25) is 0 Å². The van der Waals surface area contributed by atoms with E-state index in [1.165, 1.54) is 11.3 Å². The summed E-state index contributed by atoms with van der Waals surface area (Å²) in [6, 6.07) is 16.6. The first kappa shape index (κ1) is 21.3. The summed E-state index contributed by atoms with van der Waals surface area (Å²) in [6.07, 6.45) is 3.52. The quantitative estimate of drug-likeness (QED) is 0.651. The molecule has 1 aliphatic carbocycles. The number of carbonyl (C=O) groups is 1. The highest BCUT2D eigenvalue weighted by Crippen LogP contribution is 2.39. The number of fused-ring (bicyclic) bond motifs is 1. The van der Waals surface area contributed by atoms with Crippen LogP contribution in [-0.2, 0) is 11.2 Å². The summed E-state index contributed by atoms with van der Waals surface area (Å²) in [7, 11) is 1.59. The van der Waals surface area contributed by atoms with E-state index in [0.29, 0.717) is 11.4 Å². The number of aromatic nitrogens is 1. The van der Waals surface area contributed by atoms with Gasteiger partial charge in [-0.25, -0.2) is 0 Å². The SMILES string of the molecule is COc1ccc(NC(=O)c2cccn(C3CCc4c3cccc4N3CCOCC3)c2=O)cc1. The van der Waals surface area contributed by atoms with Crippen molar-refractivity contribution in [3.8, 4) is 5.75 Å². The molecule has 0 radical (unpaired) electrons. The Morgan fingerprint density at radius 1 is 1.06 bits per heavy atom. The molecule has 170 valence electrons. The fourth-order valence-electron chi connectivity index (χ4n) is 4.80. The molecule has 1 amide bonds. The molecule has 2 aliphatic rings. The number of nitrogens with one attached hydrogen (secondary N) is 1. The Labute approximate surface area is 192 Å². The van der Waals surface area contributed by atoms with Gasteiger partial charge in [0.15, 0.2) is 0 Å². The van der Waals surface area contributed by atoms with Crippen LogP contribution in [0.4, 0.5) is 11.4 Å². The van der Waals surface area contributed by atoms with Crippen LogP contribution in [0.1, 0.15) is 33.9 Å². The van der Waals surface area contributed by atoms with Crippen LogP contribution in [0.15, 0.2) is 65.6 Å². The minimum absolute atomic E-state index is 0.0813. The highest BCUT2D eigenvalue weighted by atomic mass is 16.5. The van der Waals surface area contributed by atoms with Gasteiger partial charge in [-0.1, -0.05) is 12.1 Å². The van der Waals surface area contributed by atoms with Crippen LogP contribution < -0.4 is 20.5 Å². The minimum atomic E-state index is -0.417. The van der Waals surface area contributed by atoms with E-state index in [1.54, 1.807) is 54.3 Å². The number of hydrogen-bond donors (Lipinski definition) is 1. The van der Waals surface area contributed by atoms with E-state index < -0.39 is 5.91 Å². The van der Waals surface area contributed by atoms with E-state index in [-0.39, 0.29) is 17.2 Å². The normalized spacial score (nSPS) is 17.5. The van der Waals surface area contributed by atoms with Crippen molar-refractivity contribution in [2.75, 3.05) is 43.6 Å². The van der Waals surface area contributed by atoms with Gasteiger partial charge in [-0.15, -0.1) is 0 Å². The van der Waals surface area contributed by atoms with Crippen LogP contribution in [0.2, 0.25) is 0 Å². The Hall–Kier alpha value is -3.58. The Bertz CT molecular complexity index is 1210. The molecule has 0 bridgehead atoms. The van der Waals surface area contributed by atoms with Crippen LogP contribution in [-0.4, -0.2) is 43.9 Å². The maximum atomic E-state index is 13.3. The Morgan fingerprint density at radius 2 is 1.85 bits per heavy atom. The lowest BCUT2D eigenvalue weighted by Crippen LogP contribution is -2.36. The van der Waals surface area contributed by atoms with Crippen molar-refractivity contribution in [2.24, 2.45) is 0 Å². The van der Waals surface area contributed by atoms with Gasteiger partial charge in [0.05, 0.1) is 26.4 Å². The third-order valence-corrected chi connectivity index (χ3v) is 6.47. The van der Waals surface area contributed by atoms with Gasteiger partial charge in [0, 0.05) is 30.7 Å². The number of rotatable bonds is 5. The van der Waals surface area contributed by atoms with E-state index >= 15 is 0 Å². The monoisotopic (exact) mass is 445 g/mol. The van der Waals surface area contributed by atoms with Crippen LogP contribution in [0, 0.1) is 0 Å². The standard InChI is InChI=1S/C26H27N3O4/c1-32-19-9-7-18(8-10-19)27-25(30)22-5-3-13-29(26(22)31)24-12-11-21-20(24)4-2-6-23(21)28-14-16-33-17-15-28/h2-10,13,24H,11-12,14-17H2,1H3,(H,27,30). The number of anilines is 2. The van der Waals surface area contributed by atoms with Crippen LogP contribution >= 0.6 is 0 Å². The first-order valence-corrected chi connectivity index (χ1v) is 11.3. The summed E-state index contributed by atoms with van der Waals surface area (Å²) >= 11 is 0. The highest BCUT2D eigenvalue weighted by Gasteiger charge is 2.29. The maximum Gasteiger partial charge on any atom is 0.263 e. The number of morpholine rings is 1. The molecule has 0 saturated carbocycles. The van der Waals surface area contributed by atoms with Crippen LogP contribution in [0.3, 0.4) is 0 Å². The predicted octanol–water partition coefficient (Wildman–Crippen LogP) is 3.48. The average Bonchev–Trinajstić information content (AvgIpc) is 3.29. The highest BCUT2D eigenvalue weighted by molar-refractivity contribution is 6.04. The molecule has 33 heavy (non-hydrogen) atoms. The second kappa shape index (κ2) is 9.11. The molecule has 5 rings (SSSR count). The zero-order valence-corrected chi connectivity index (χ0v) is 18.6. The molecule has 1 unspecified atom stereocenters. The molecule has 3 aromatic rings. The fourth-order valence-corrected chi connectivity index (χ4v) is 4.80. The number of nitrogens with zero attached hydrogens (tertiary/aromatic N) is 2. The minimum Gasteiger partial charge on any atom is -0.497 e. The van der Waals surface area contributed by atoms with Gasteiger partial charge in [-0.3, -0.25) is 9.59 Å². The third kappa shape index (κ3) is 4.12.